The number of rotatable bonds is 6. The minimum Gasteiger partial charge on any atom is -0.492 e. The summed E-state index contributed by atoms with van der Waals surface area (Å²) in [6.07, 6.45) is 4.62. The van der Waals surface area contributed by atoms with E-state index >= 15 is 0 Å². The zero-order chi connectivity index (χ0) is 20.7. The fourth-order valence-electron chi connectivity index (χ4n) is 3.86. The molecule has 0 aliphatic carbocycles. The third kappa shape index (κ3) is 5.85. The van der Waals surface area contributed by atoms with Crippen molar-refractivity contribution in [2.24, 2.45) is 12.8 Å². The van der Waals surface area contributed by atoms with Crippen LogP contribution in [0.5, 0.6) is 5.75 Å². The lowest BCUT2D eigenvalue weighted by Gasteiger charge is -2.49. The molecule has 0 saturated carbocycles. The second-order valence-electron chi connectivity index (χ2n) is 7.68. The predicted octanol–water partition coefficient (Wildman–Crippen LogP) is 3.16. The fraction of sp³-hybridized carbons (Fsp3) is 0.348. The molecule has 1 aliphatic heterocycles. The van der Waals surface area contributed by atoms with Gasteiger partial charge in [0.15, 0.2) is 0 Å². The molecule has 6 heteroatoms. The van der Waals surface area contributed by atoms with Gasteiger partial charge >= 0.3 is 0 Å². The Labute approximate surface area is 178 Å². The SMILES string of the molecule is CN1CC(Cc2ccccc2)(c2cccc(OCCN)c2)C1.Cn1cnc(S)c1. The van der Waals surface area contributed by atoms with E-state index in [0.717, 1.165) is 30.3 Å². The summed E-state index contributed by atoms with van der Waals surface area (Å²) in [6, 6.07) is 19.3. The van der Waals surface area contributed by atoms with E-state index in [2.05, 4.69) is 78.1 Å². The first kappa shape index (κ1) is 21.4. The molecular formula is C23H30N4OS. The van der Waals surface area contributed by atoms with Gasteiger partial charge in [-0.25, -0.2) is 4.98 Å². The van der Waals surface area contributed by atoms with E-state index in [1.165, 1.54) is 11.1 Å². The zero-order valence-electron chi connectivity index (χ0n) is 17.2. The van der Waals surface area contributed by atoms with E-state index < -0.39 is 0 Å². The van der Waals surface area contributed by atoms with Gasteiger partial charge in [-0.2, -0.15) is 0 Å². The number of likely N-dealkylation sites (tertiary alicyclic amines) is 1. The summed E-state index contributed by atoms with van der Waals surface area (Å²) >= 11 is 3.97. The minimum atomic E-state index is 0.193. The number of likely N-dealkylation sites (N-methyl/N-ethyl adjacent to an activating group) is 1. The number of hydrogen-bond donors (Lipinski definition) is 2. The molecular weight excluding hydrogens is 380 g/mol. The van der Waals surface area contributed by atoms with Gasteiger partial charge in [-0.15, -0.1) is 12.6 Å². The average Bonchev–Trinajstić information content (AvgIpc) is 3.09. The lowest BCUT2D eigenvalue weighted by molar-refractivity contribution is 0.0930. The second kappa shape index (κ2) is 9.96. The molecule has 0 bridgehead atoms. The summed E-state index contributed by atoms with van der Waals surface area (Å²) in [5.74, 6) is 0.921. The van der Waals surface area contributed by atoms with Crippen molar-refractivity contribution >= 4 is 12.6 Å². The first-order chi connectivity index (χ1) is 14.0. The molecule has 1 aromatic heterocycles. The summed E-state index contributed by atoms with van der Waals surface area (Å²) < 4.78 is 7.55. The summed E-state index contributed by atoms with van der Waals surface area (Å²) in [5, 5.41) is 0.766. The fourth-order valence-corrected chi connectivity index (χ4v) is 4.10. The van der Waals surface area contributed by atoms with Crippen LogP contribution in [0.1, 0.15) is 11.1 Å². The van der Waals surface area contributed by atoms with E-state index in [1.807, 2.05) is 23.9 Å². The standard InChI is InChI=1S/C19H24N2O.C4H6N2S/c1-21-14-19(15-21,13-16-6-3-2-4-7-16)17-8-5-9-18(12-17)22-11-10-20;1-6-2-4(7)5-3-6/h2-9,12H,10-11,13-15,20H2,1H3;2-3,7H,1H3. The van der Waals surface area contributed by atoms with Gasteiger partial charge in [0.1, 0.15) is 17.4 Å². The highest BCUT2D eigenvalue weighted by molar-refractivity contribution is 7.80. The minimum absolute atomic E-state index is 0.193. The molecule has 2 heterocycles. The molecule has 154 valence electrons. The number of aromatic nitrogens is 2. The lowest BCUT2D eigenvalue weighted by Crippen LogP contribution is -2.58. The Bertz CT molecular complexity index is 874. The molecule has 5 nitrogen and oxygen atoms in total. The molecule has 0 atom stereocenters. The van der Waals surface area contributed by atoms with Crippen LogP contribution in [0.3, 0.4) is 0 Å². The van der Waals surface area contributed by atoms with Gasteiger partial charge in [0, 0.05) is 38.3 Å². The Kier molecular flexibility index (Phi) is 7.36. The Balaban J connectivity index is 0.000000290. The maximum Gasteiger partial charge on any atom is 0.119 e. The average molecular weight is 411 g/mol. The van der Waals surface area contributed by atoms with Crippen LogP contribution in [0, 0.1) is 0 Å². The molecule has 1 aliphatic rings. The van der Waals surface area contributed by atoms with Crippen molar-refractivity contribution in [3.63, 3.8) is 0 Å². The molecule has 0 radical (unpaired) electrons. The van der Waals surface area contributed by atoms with Crippen LogP contribution < -0.4 is 10.5 Å². The molecule has 2 N–H and O–H groups in total. The number of nitrogens with two attached hydrogens (primary N) is 1. The van der Waals surface area contributed by atoms with Gasteiger partial charge in [-0.1, -0.05) is 42.5 Å². The Morgan fingerprint density at radius 3 is 2.41 bits per heavy atom. The molecule has 0 spiro atoms. The summed E-state index contributed by atoms with van der Waals surface area (Å²) in [5.41, 5.74) is 8.48. The number of benzene rings is 2. The second-order valence-corrected chi connectivity index (χ2v) is 8.14. The van der Waals surface area contributed by atoms with Crippen molar-refractivity contribution < 1.29 is 4.74 Å². The molecule has 2 aromatic carbocycles. The summed E-state index contributed by atoms with van der Waals surface area (Å²) in [6.45, 7) is 3.28. The maximum atomic E-state index is 5.70. The monoisotopic (exact) mass is 410 g/mol. The van der Waals surface area contributed by atoms with Gasteiger partial charge in [0.2, 0.25) is 0 Å². The van der Waals surface area contributed by atoms with E-state index in [9.17, 15) is 0 Å². The predicted molar refractivity (Wildman–Crippen MR) is 121 cm³/mol. The third-order valence-corrected chi connectivity index (χ3v) is 5.29. The quantitative estimate of drug-likeness (QED) is 0.613. The number of nitrogens with zero attached hydrogens (tertiary/aromatic N) is 3. The Morgan fingerprint density at radius 2 is 1.86 bits per heavy atom. The van der Waals surface area contributed by atoms with Gasteiger partial charge < -0.3 is 19.9 Å². The first-order valence-electron chi connectivity index (χ1n) is 9.83. The van der Waals surface area contributed by atoms with Crippen LogP contribution >= 0.6 is 12.6 Å². The number of imidazole rings is 1. The van der Waals surface area contributed by atoms with E-state index in [4.69, 9.17) is 10.5 Å². The first-order valence-corrected chi connectivity index (χ1v) is 10.3. The normalized spacial score (nSPS) is 15.2. The molecule has 0 amide bonds. The summed E-state index contributed by atoms with van der Waals surface area (Å²) in [4.78, 5) is 6.21. The Hall–Kier alpha value is -2.28. The lowest BCUT2D eigenvalue weighted by atomic mass is 9.70. The molecule has 3 aromatic rings. The Morgan fingerprint density at radius 1 is 1.10 bits per heavy atom. The molecule has 29 heavy (non-hydrogen) atoms. The number of aryl methyl sites for hydroxylation is 1. The molecule has 0 unspecified atom stereocenters. The molecule has 1 saturated heterocycles. The smallest absolute Gasteiger partial charge is 0.119 e. The van der Waals surface area contributed by atoms with E-state index in [0.29, 0.717) is 13.2 Å². The van der Waals surface area contributed by atoms with E-state index in [1.54, 1.807) is 6.33 Å². The van der Waals surface area contributed by atoms with Gasteiger partial charge in [-0.05, 0) is 36.7 Å². The number of hydrogen-bond acceptors (Lipinski definition) is 5. The molecule has 4 rings (SSSR count). The zero-order valence-corrected chi connectivity index (χ0v) is 18.1. The van der Waals surface area contributed by atoms with Crippen molar-refractivity contribution in [3.8, 4) is 5.75 Å². The van der Waals surface area contributed by atoms with Crippen molar-refractivity contribution in [1.29, 1.82) is 0 Å². The van der Waals surface area contributed by atoms with Crippen LogP contribution in [0.4, 0.5) is 0 Å². The highest BCUT2D eigenvalue weighted by Gasteiger charge is 2.42. The summed E-state index contributed by atoms with van der Waals surface area (Å²) in [7, 11) is 4.09. The topological polar surface area (TPSA) is 56.3 Å². The largest absolute Gasteiger partial charge is 0.492 e. The highest BCUT2D eigenvalue weighted by Crippen LogP contribution is 2.38. The van der Waals surface area contributed by atoms with Crippen LogP contribution in [0.25, 0.3) is 0 Å². The van der Waals surface area contributed by atoms with Crippen molar-refractivity contribution in [2.45, 2.75) is 16.9 Å². The van der Waals surface area contributed by atoms with Crippen LogP contribution in [-0.4, -0.2) is 47.7 Å². The third-order valence-electron chi connectivity index (χ3n) is 5.05. The van der Waals surface area contributed by atoms with Crippen molar-refractivity contribution in [2.75, 3.05) is 33.3 Å². The highest BCUT2D eigenvalue weighted by atomic mass is 32.1. The van der Waals surface area contributed by atoms with Gasteiger partial charge in [-0.3, -0.25) is 0 Å². The van der Waals surface area contributed by atoms with E-state index in [-0.39, 0.29) is 5.41 Å². The van der Waals surface area contributed by atoms with Crippen molar-refractivity contribution in [1.82, 2.24) is 14.5 Å². The van der Waals surface area contributed by atoms with Crippen molar-refractivity contribution in [3.05, 3.63) is 78.2 Å². The number of thiol groups is 1. The number of ether oxygens (including phenoxy) is 1. The van der Waals surface area contributed by atoms with Crippen LogP contribution in [0.15, 0.2) is 72.1 Å². The maximum absolute atomic E-state index is 5.70. The van der Waals surface area contributed by atoms with Gasteiger partial charge in [0.05, 0.1) is 6.33 Å². The van der Waals surface area contributed by atoms with Crippen LogP contribution in [-0.2, 0) is 18.9 Å². The molecule has 1 fully saturated rings. The van der Waals surface area contributed by atoms with Gasteiger partial charge in [0.25, 0.3) is 0 Å². The van der Waals surface area contributed by atoms with Crippen LogP contribution in [0.2, 0.25) is 0 Å².